The Morgan fingerprint density at radius 2 is 2.33 bits per heavy atom. The SMILES string of the molecule is CC1CCOc2cccc(O)c21. The minimum atomic E-state index is 0.361. The quantitative estimate of drug-likeness (QED) is 0.637. The first-order valence-corrected chi connectivity index (χ1v) is 4.23. The Hall–Kier alpha value is -1.18. The number of benzene rings is 1. The summed E-state index contributed by atoms with van der Waals surface area (Å²) in [5.41, 5.74) is 0.962. The minimum absolute atomic E-state index is 0.361. The van der Waals surface area contributed by atoms with Gasteiger partial charge in [-0.1, -0.05) is 13.0 Å². The van der Waals surface area contributed by atoms with Gasteiger partial charge in [-0.3, -0.25) is 0 Å². The molecule has 1 N–H and O–H groups in total. The van der Waals surface area contributed by atoms with Crippen molar-refractivity contribution in [1.29, 1.82) is 0 Å². The first-order valence-electron chi connectivity index (χ1n) is 4.23. The molecule has 1 atom stereocenters. The molecule has 0 amide bonds. The maximum absolute atomic E-state index is 9.55. The van der Waals surface area contributed by atoms with Gasteiger partial charge in [-0.15, -0.1) is 0 Å². The van der Waals surface area contributed by atoms with Crippen LogP contribution in [0.1, 0.15) is 24.8 Å². The maximum atomic E-state index is 9.55. The minimum Gasteiger partial charge on any atom is -0.508 e. The number of hydrogen-bond donors (Lipinski definition) is 1. The number of rotatable bonds is 0. The highest BCUT2D eigenvalue weighted by Gasteiger charge is 2.20. The molecule has 0 saturated carbocycles. The monoisotopic (exact) mass is 164 g/mol. The van der Waals surface area contributed by atoms with Gasteiger partial charge in [0.15, 0.2) is 0 Å². The lowest BCUT2D eigenvalue weighted by Gasteiger charge is -2.23. The standard InChI is InChI=1S/C10H12O2/c1-7-5-6-12-9-4-2-3-8(11)10(7)9/h2-4,7,11H,5-6H2,1H3. The van der Waals surface area contributed by atoms with Crippen LogP contribution in [0.4, 0.5) is 0 Å². The second kappa shape index (κ2) is 2.70. The second-order valence-corrected chi connectivity index (χ2v) is 3.23. The molecule has 0 aliphatic carbocycles. The van der Waals surface area contributed by atoms with Gasteiger partial charge >= 0.3 is 0 Å². The summed E-state index contributed by atoms with van der Waals surface area (Å²) in [6.07, 6.45) is 0.991. The van der Waals surface area contributed by atoms with E-state index in [-0.39, 0.29) is 0 Å². The van der Waals surface area contributed by atoms with Crippen molar-refractivity contribution in [2.45, 2.75) is 19.3 Å². The van der Waals surface area contributed by atoms with Crippen LogP contribution in [0.15, 0.2) is 18.2 Å². The smallest absolute Gasteiger partial charge is 0.126 e. The third-order valence-electron chi connectivity index (χ3n) is 2.34. The molecule has 0 bridgehead atoms. The van der Waals surface area contributed by atoms with Crippen LogP contribution in [-0.4, -0.2) is 11.7 Å². The topological polar surface area (TPSA) is 29.5 Å². The van der Waals surface area contributed by atoms with E-state index in [9.17, 15) is 5.11 Å². The molecule has 1 unspecified atom stereocenters. The Morgan fingerprint density at radius 1 is 1.50 bits per heavy atom. The highest BCUT2D eigenvalue weighted by Crippen LogP contribution is 2.38. The van der Waals surface area contributed by atoms with E-state index in [1.165, 1.54) is 0 Å². The predicted molar refractivity (Wildman–Crippen MR) is 46.6 cm³/mol. The molecule has 2 heteroatoms. The van der Waals surface area contributed by atoms with Crippen molar-refractivity contribution in [3.05, 3.63) is 23.8 Å². The fourth-order valence-electron chi connectivity index (χ4n) is 1.64. The van der Waals surface area contributed by atoms with Gasteiger partial charge in [0.25, 0.3) is 0 Å². The first kappa shape index (κ1) is 7.47. The summed E-state index contributed by atoms with van der Waals surface area (Å²) in [5.74, 6) is 1.61. The third-order valence-corrected chi connectivity index (χ3v) is 2.34. The number of phenols is 1. The molecule has 0 saturated heterocycles. The van der Waals surface area contributed by atoms with E-state index in [1.54, 1.807) is 6.07 Å². The molecule has 1 aromatic carbocycles. The van der Waals surface area contributed by atoms with Gasteiger partial charge in [-0.25, -0.2) is 0 Å². The lowest BCUT2D eigenvalue weighted by atomic mass is 9.94. The molecule has 2 nitrogen and oxygen atoms in total. The van der Waals surface area contributed by atoms with Crippen LogP contribution in [0.25, 0.3) is 0 Å². The van der Waals surface area contributed by atoms with Gasteiger partial charge in [0.1, 0.15) is 11.5 Å². The van der Waals surface area contributed by atoms with E-state index >= 15 is 0 Å². The van der Waals surface area contributed by atoms with Crippen LogP contribution in [0, 0.1) is 0 Å². The number of fused-ring (bicyclic) bond motifs is 1. The van der Waals surface area contributed by atoms with E-state index in [0.29, 0.717) is 11.7 Å². The highest BCUT2D eigenvalue weighted by molar-refractivity contribution is 5.47. The van der Waals surface area contributed by atoms with Gasteiger partial charge in [0, 0.05) is 5.56 Å². The Bertz CT molecular complexity index is 294. The van der Waals surface area contributed by atoms with Crippen LogP contribution in [0.2, 0.25) is 0 Å². The fraction of sp³-hybridized carbons (Fsp3) is 0.400. The molecule has 12 heavy (non-hydrogen) atoms. The average Bonchev–Trinajstić information content (AvgIpc) is 2.04. The Kier molecular flexibility index (Phi) is 1.68. The van der Waals surface area contributed by atoms with Crippen molar-refractivity contribution >= 4 is 0 Å². The Labute approximate surface area is 71.8 Å². The Balaban J connectivity index is 2.53. The normalized spacial score (nSPS) is 21.2. The summed E-state index contributed by atoms with van der Waals surface area (Å²) >= 11 is 0. The van der Waals surface area contributed by atoms with Crippen molar-refractivity contribution in [3.63, 3.8) is 0 Å². The molecule has 1 aliphatic rings. The molecule has 0 fully saturated rings. The molecule has 1 aliphatic heterocycles. The predicted octanol–water partition coefficient (Wildman–Crippen LogP) is 2.28. The molecular formula is C10H12O2. The van der Waals surface area contributed by atoms with Crippen LogP contribution < -0.4 is 4.74 Å². The van der Waals surface area contributed by atoms with Crippen LogP contribution in [0.5, 0.6) is 11.5 Å². The van der Waals surface area contributed by atoms with Gasteiger partial charge in [0.05, 0.1) is 6.61 Å². The molecule has 0 spiro atoms. The van der Waals surface area contributed by atoms with E-state index in [1.807, 2.05) is 12.1 Å². The number of hydrogen-bond acceptors (Lipinski definition) is 2. The van der Waals surface area contributed by atoms with Crippen molar-refractivity contribution in [2.24, 2.45) is 0 Å². The largest absolute Gasteiger partial charge is 0.508 e. The Morgan fingerprint density at radius 3 is 3.08 bits per heavy atom. The molecule has 2 rings (SSSR count). The second-order valence-electron chi connectivity index (χ2n) is 3.23. The molecule has 1 heterocycles. The van der Waals surface area contributed by atoms with Crippen LogP contribution >= 0.6 is 0 Å². The molecule has 0 aromatic heterocycles. The molecule has 64 valence electrons. The summed E-state index contributed by atoms with van der Waals surface area (Å²) in [6.45, 7) is 2.87. The lowest BCUT2D eigenvalue weighted by Crippen LogP contribution is -2.11. The zero-order valence-corrected chi connectivity index (χ0v) is 7.08. The summed E-state index contributed by atoms with van der Waals surface area (Å²) in [7, 11) is 0. The summed E-state index contributed by atoms with van der Waals surface area (Å²) in [6, 6.07) is 5.43. The average molecular weight is 164 g/mol. The summed E-state index contributed by atoms with van der Waals surface area (Å²) < 4.78 is 5.41. The third kappa shape index (κ3) is 1.04. The zero-order chi connectivity index (χ0) is 8.55. The number of phenolic OH excluding ortho intramolecular Hbond substituents is 1. The van der Waals surface area contributed by atoms with E-state index in [4.69, 9.17) is 4.74 Å². The van der Waals surface area contributed by atoms with E-state index in [2.05, 4.69) is 6.92 Å². The molecular weight excluding hydrogens is 152 g/mol. The first-order chi connectivity index (χ1) is 5.79. The van der Waals surface area contributed by atoms with Gasteiger partial charge < -0.3 is 9.84 Å². The van der Waals surface area contributed by atoms with Crippen LogP contribution in [0.3, 0.4) is 0 Å². The summed E-state index contributed by atoms with van der Waals surface area (Å²) in [4.78, 5) is 0. The summed E-state index contributed by atoms with van der Waals surface area (Å²) in [5, 5.41) is 9.55. The highest BCUT2D eigenvalue weighted by atomic mass is 16.5. The van der Waals surface area contributed by atoms with Gasteiger partial charge in [-0.2, -0.15) is 0 Å². The van der Waals surface area contributed by atoms with Crippen molar-refractivity contribution in [1.82, 2.24) is 0 Å². The zero-order valence-electron chi connectivity index (χ0n) is 7.08. The van der Waals surface area contributed by atoms with Gasteiger partial charge in [-0.05, 0) is 24.5 Å². The van der Waals surface area contributed by atoms with Crippen molar-refractivity contribution in [2.75, 3.05) is 6.61 Å². The number of ether oxygens (including phenoxy) is 1. The molecule has 1 aromatic rings. The van der Waals surface area contributed by atoms with Gasteiger partial charge in [0.2, 0.25) is 0 Å². The lowest BCUT2D eigenvalue weighted by molar-refractivity contribution is 0.267. The van der Waals surface area contributed by atoms with Crippen molar-refractivity contribution in [3.8, 4) is 11.5 Å². The fourth-order valence-corrected chi connectivity index (χ4v) is 1.64. The molecule has 0 radical (unpaired) electrons. The van der Waals surface area contributed by atoms with E-state index < -0.39 is 0 Å². The maximum Gasteiger partial charge on any atom is 0.126 e. The van der Waals surface area contributed by atoms with E-state index in [0.717, 1.165) is 24.3 Å². The van der Waals surface area contributed by atoms with Crippen LogP contribution in [-0.2, 0) is 0 Å². The number of aromatic hydroxyl groups is 1. The van der Waals surface area contributed by atoms with Crippen molar-refractivity contribution < 1.29 is 9.84 Å².